The highest BCUT2D eigenvalue weighted by molar-refractivity contribution is 5.85. The molecule has 0 aromatic carbocycles. The van der Waals surface area contributed by atoms with E-state index in [2.05, 4.69) is 5.32 Å². The lowest BCUT2D eigenvalue weighted by Gasteiger charge is -2.28. The number of carbonyl (C=O) groups is 1. The van der Waals surface area contributed by atoms with Crippen molar-refractivity contribution >= 4 is 18.3 Å². The van der Waals surface area contributed by atoms with E-state index < -0.39 is 0 Å². The van der Waals surface area contributed by atoms with Crippen LogP contribution >= 0.6 is 12.4 Å². The summed E-state index contributed by atoms with van der Waals surface area (Å²) in [6, 6.07) is 0. The van der Waals surface area contributed by atoms with Gasteiger partial charge in [0.15, 0.2) is 0 Å². The molecule has 0 spiro atoms. The third kappa shape index (κ3) is 3.90. The molecule has 0 bridgehead atoms. The Labute approximate surface area is 102 Å². The van der Waals surface area contributed by atoms with E-state index in [1.165, 1.54) is 0 Å². The van der Waals surface area contributed by atoms with E-state index in [0.717, 1.165) is 32.7 Å². The molecule has 2 aliphatic rings. The van der Waals surface area contributed by atoms with E-state index >= 15 is 0 Å². The first kappa shape index (κ1) is 13.7. The average Bonchev–Trinajstić information content (AvgIpc) is 2.43. The van der Waals surface area contributed by atoms with Gasteiger partial charge in [0.05, 0.1) is 12.7 Å². The van der Waals surface area contributed by atoms with Crippen molar-refractivity contribution in [3.8, 4) is 0 Å². The number of rotatable bonds is 3. The van der Waals surface area contributed by atoms with Crippen LogP contribution in [0.2, 0.25) is 0 Å². The third-order valence-corrected chi connectivity index (χ3v) is 2.76. The Morgan fingerprint density at radius 2 is 2.19 bits per heavy atom. The molecule has 2 rings (SSSR count). The molecule has 2 heterocycles. The molecule has 0 aromatic rings. The van der Waals surface area contributed by atoms with Crippen LogP contribution in [0, 0.1) is 0 Å². The van der Waals surface area contributed by atoms with Gasteiger partial charge in [0.25, 0.3) is 0 Å². The van der Waals surface area contributed by atoms with Gasteiger partial charge >= 0.3 is 0 Å². The van der Waals surface area contributed by atoms with Gasteiger partial charge < -0.3 is 19.7 Å². The largest absolute Gasteiger partial charge is 0.380 e. The Kier molecular flexibility index (Phi) is 6.05. The second kappa shape index (κ2) is 7.06. The van der Waals surface area contributed by atoms with Gasteiger partial charge in [0, 0.05) is 32.8 Å². The van der Waals surface area contributed by atoms with Crippen LogP contribution in [0.15, 0.2) is 0 Å². The van der Waals surface area contributed by atoms with Gasteiger partial charge in [0.2, 0.25) is 5.91 Å². The summed E-state index contributed by atoms with van der Waals surface area (Å²) in [5.74, 6) is 0.0902. The predicted molar refractivity (Wildman–Crippen MR) is 61.9 cm³/mol. The van der Waals surface area contributed by atoms with Gasteiger partial charge in [-0.3, -0.25) is 4.79 Å². The predicted octanol–water partition coefficient (Wildman–Crippen LogP) is -0.354. The summed E-state index contributed by atoms with van der Waals surface area (Å²) >= 11 is 0. The highest BCUT2D eigenvalue weighted by atomic mass is 35.5. The number of nitrogens with one attached hydrogen (secondary N) is 1. The molecule has 0 aromatic heterocycles. The Morgan fingerprint density at radius 1 is 1.38 bits per heavy atom. The molecule has 2 fully saturated rings. The molecule has 2 saturated heterocycles. The average molecular weight is 251 g/mol. The number of amides is 1. The maximum atomic E-state index is 11.7. The van der Waals surface area contributed by atoms with E-state index in [9.17, 15) is 4.79 Å². The Bertz CT molecular complexity index is 216. The zero-order chi connectivity index (χ0) is 10.5. The normalized spacial score (nSPS) is 21.9. The van der Waals surface area contributed by atoms with Crippen LogP contribution < -0.4 is 5.32 Å². The number of ether oxygens (including phenoxy) is 2. The van der Waals surface area contributed by atoms with Gasteiger partial charge in [-0.05, 0) is 6.42 Å². The van der Waals surface area contributed by atoms with Crippen LogP contribution in [0.3, 0.4) is 0 Å². The van der Waals surface area contributed by atoms with Crippen LogP contribution in [0.5, 0.6) is 0 Å². The SMILES string of the molecule is Cl.O=C(COC1CNC1)N1CCCOCC1. The van der Waals surface area contributed by atoms with Gasteiger partial charge in [0.1, 0.15) is 6.61 Å². The fourth-order valence-corrected chi connectivity index (χ4v) is 1.66. The molecular weight excluding hydrogens is 232 g/mol. The fourth-order valence-electron chi connectivity index (χ4n) is 1.66. The van der Waals surface area contributed by atoms with Gasteiger partial charge in [-0.2, -0.15) is 0 Å². The molecular formula is C10H19ClN2O3. The number of hydrogen-bond donors (Lipinski definition) is 1. The third-order valence-electron chi connectivity index (χ3n) is 2.76. The second-order valence-electron chi connectivity index (χ2n) is 3.94. The maximum Gasteiger partial charge on any atom is 0.248 e. The topological polar surface area (TPSA) is 50.8 Å². The zero-order valence-electron chi connectivity index (χ0n) is 9.31. The van der Waals surface area contributed by atoms with Crippen LogP contribution in [-0.4, -0.2) is 62.9 Å². The molecule has 16 heavy (non-hydrogen) atoms. The molecule has 94 valence electrons. The molecule has 0 radical (unpaired) electrons. The lowest BCUT2D eigenvalue weighted by atomic mass is 10.2. The zero-order valence-corrected chi connectivity index (χ0v) is 10.1. The van der Waals surface area contributed by atoms with Crippen molar-refractivity contribution in [2.24, 2.45) is 0 Å². The summed E-state index contributed by atoms with van der Waals surface area (Å²) in [7, 11) is 0. The van der Waals surface area contributed by atoms with Crippen LogP contribution in [0.25, 0.3) is 0 Å². The molecule has 2 aliphatic heterocycles. The highest BCUT2D eigenvalue weighted by Crippen LogP contribution is 2.02. The molecule has 1 amide bonds. The molecule has 1 N–H and O–H groups in total. The van der Waals surface area contributed by atoms with Crippen molar-refractivity contribution < 1.29 is 14.3 Å². The molecule has 0 saturated carbocycles. The first-order chi connectivity index (χ1) is 7.36. The summed E-state index contributed by atoms with van der Waals surface area (Å²) in [5.41, 5.74) is 0. The van der Waals surface area contributed by atoms with Crippen molar-refractivity contribution in [2.75, 3.05) is 46.0 Å². The van der Waals surface area contributed by atoms with Crippen LogP contribution in [0.1, 0.15) is 6.42 Å². The Balaban J connectivity index is 0.00000128. The van der Waals surface area contributed by atoms with E-state index in [1.54, 1.807) is 0 Å². The van der Waals surface area contributed by atoms with Gasteiger partial charge in [-0.15, -0.1) is 12.4 Å². The number of nitrogens with zero attached hydrogens (tertiary/aromatic N) is 1. The summed E-state index contributed by atoms with van der Waals surface area (Å²) in [4.78, 5) is 13.6. The van der Waals surface area contributed by atoms with Crippen molar-refractivity contribution in [2.45, 2.75) is 12.5 Å². The van der Waals surface area contributed by atoms with Crippen molar-refractivity contribution in [1.82, 2.24) is 10.2 Å². The molecule has 0 aliphatic carbocycles. The monoisotopic (exact) mass is 250 g/mol. The van der Waals surface area contributed by atoms with Gasteiger partial charge in [-0.1, -0.05) is 0 Å². The van der Waals surface area contributed by atoms with E-state index in [-0.39, 0.29) is 31.0 Å². The lowest BCUT2D eigenvalue weighted by Crippen LogP contribution is -2.50. The fraction of sp³-hybridized carbons (Fsp3) is 0.900. The van der Waals surface area contributed by atoms with Gasteiger partial charge in [-0.25, -0.2) is 0 Å². The maximum absolute atomic E-state index is 11.7. The smallest absolute Gasteiger partial charge is 0.248 e. The molecule has 6 heteroatoms. The Morgan fingerprint density at radius 3 is 2.88 bits per heavy atom. The molecule has 0 unspecified atom stereocenters. The minimum Gasteiger partial charge on any atom is -0.380 e. The first-order valence-electron chi connectivity index (χ1n) is 5.54. The minimum atomic E-state index is 0. The van der Waals surface area contributed by atoms with E-state index in [1.807, 2.05) is 4.90 Å². The lowest BCUT2D eigenvalue weighted by molar-refractivity contribution is -0.139. The summed E-state index contributed by atoms with van der Waals surface area (Å²) < 4.78 is 10.7. The summed E-state index contributed by atoms with van der Waals surface area (Å²) in [6.45, 7) is 4.86. The van der Waals surface area contributed by atoms with E-state index in [0.29, 0.717) is 13.2 Å². The number of halogens is 1. The minimum absolute atomic E-state index is 0. The molecule has 0 atom stereocenters. The molecule has 5 nitrogen and oxygen atoms in total. The van der Waals surface area contributed by atoms with Crippen molar-refractivity contribution in [1.29, 1.82) is 0 Å². The number of hydrogen-bond acceptors (Lipinski definition) is 4. The standard InChI is InChI=1S/C10H18N2O3.ClH/c13-10(8-15-9-6-11-7-9)12-2-1-4-14-5-3-12;/h9,11H,1-8H2;1H. The van der Waals surface area contributed by atoms with Crippen LogP contribution in [0.4, 0.5) is 0 Å². The Hall–Kier alpha value is -0.360. The van der Waals surface area contributed by atoms with Crippen molar-refractivity contribution in [3.63, 3.8) is 0 Å². The second-order valence-corrected chi connectivity index (χ2v) is 3.94. The summed E-state index contributed by atoms with van der Waals surface area (Å²) in [5, 5.41) is 3.10. The quantitative estimate of drug-likeness (QED) is 0.744. The van der Waals surface area contributed by atoms with Crippen molar-refractivity contribution in [3.05, 3.63) is 0 Å². The van der Waals surface area contributed by atoms with E-state index in [4.69, 9.17) is 9.47 Å². The first-order valence-corrected chi connectivity index (χ1v) is 5.54. The number of carbonyl (C=O) groups excluding carboxylic acids is 1. The highest BCUT2D eigenvalue weighted by Gasteiger charge is 2.21. The van der Waals surface area contributed by atoms with Crippen LogP contribution in [-0.2, 0) is 14.3 Å². The summed E-state index contributed by atoms with van der Waals surface area (Å²) in [6.07, 6.45) is 1.16.